The first-order valence-corrected chi connectivity index (χ1v) is 13.3. The molecule has 1 amide bonds. The molecule has 0 spiro atoms. The zero-order valence-corrected chi connectivity index (χ0v) is 22.3. The molecule has 0 bridgehead atoms. The minimum atomic E-state index is -4.52. The lowest BCUT2D eigenvalue weighted by molar-refractivity contribution is -0.137. The first-order valence-electron chi connectivity index (χ1n) is 10.7. The SMILES string of the molecule is O=C(Nc1ccc(Oc2ccc(C(F)(F)F)cn2)cc1)c1cc(Cl)cc(Cl)c1NS(=O)(=O)c1ccc(Cl)cc1. The largest absolute Gasteiger partial charge is 0.439 e. The summed E-state index contributed by atoms with van der Waals surface area (Å²) in [6.45, 7) is 0. The van der Waals surface area contributed by atoms with Crippen LogP contribution in [0.5, 0.6) is 11.6 Å². The van der Waals surface area contributed by atoms with E-state index in [0.29, 0.717) is 11.2 Å². The summed E-state index contributed by atoms with van der Waals surface area (Å²) in [7, 11) is -4.14. The normalized spacial score (nSPS) is 11.6. The number of carbonyl (C=O) groups is 1. The van der Waals surface area contributed by atoms with Crippen LogP contribution in [0.3, 0.4) is 0 Å². The number of halogens is 6. The van der Waals surface area contributed by atoms with Crippen LogP contribution in [0, 0.1) is 0 Å². The van der Waals surface area contributed by atoms with Gasteiger partial charge in [0.05, 0.1) is 26.7 Å². The minimum absolute atomic E-state index is 0.0639. The number of sulfonamides is 1. The summed E-state index contributed by atoms with van der Waals surface area (Å²) in [5, 5.41) is 2.91. The molecule has 4 rings (SSSR count). The molecule has 202 valence electrons. The van der Waals surface area contributed by atoms with Crippen molar-refractivity contribution in [3.05, 3.63) is 105 Å². The lowest BCUT2D eigenvalue weighted by Gasteiger charge is -2.15. The van der Waals surface area contributed by atoms with Crippen molar-refractivity contribution in [2.45, 2.75) is 11.1 Å². The Morgan fingerprint density at radius 3 is 2.13 bits per heavy atom. The van der Waals surface area contributed by atoms with Crippen LogP contribution in [0.15, 0.2) is 83.9 Å². The number of aromatic nitrogens is 1. The number of pyridine rings is 1. The number of rotatable bonds is 7. The second kappa shape index (κ2) is 11.3. The topological polar surface area (TPSA) is 97.4 Å². The zero-order chi connectivity index (χ0) is 28.4. The van der Waals surface area contributed by atoms with Crippen LogP contribution in [-0.2, 0) is 16.2 Å². The van der Waals surface area contributed by atoms with Gasteiger partial charge in [-0.05, 0) is 66.7 Å². The molecule has 7 nitrogen and oxygen atoms in total. The monoisotopic (exact) mass is 615 g/mol. The quantitative estimate of drug-likeness (QED) is 0.220. The average Bonchev–Trinajstić information content (AvgIpc) is 2.86. The molecule has 1 heterocycles. The molecule has 4 aromatic rings. The van der Waals surface area contributed by atoms with E-state index in [1.807, 2.05) is 0 Å². The predicted molar refractivity (Wildman–Crippen MR) is 142 cm³/mol. The highest BCUT2D eigenvalue weighted by atomic mass is 35.5. The second-order valence-corrected chi connectivity index (χ2v) is 10.8. The van der Waals surface area contributed by atoms with E-state index in [0.717, 1.165) is 12.1 Å². The van der Waals surface area contributed by atoms with Crippen LogP contribution in [0.2, 0.25) is 15.1 Å². The fourth-order valence-electron chi connectivity index (χ4n) is 3.20. The number of nitrogens with zero attached hydrogens (tertiary/aromatic N) is 1. The van der Waals surface area contributed by atoms with Gasteiger partial charge in [-0.2, -0.15) is 13.2 Å². The first kappa shape index (κ1) is 28.5. The van der Waals surface area contributed by atoms with Gasteiger partial charge in [-0.25, -0.2) is 13.4 Å². The van der Waals surface area contributed by atoms with E-state index in [1.54, 1.807) is 0 Å². The van der Waals surface area contributed by atoms with E-state index in [-0.39, 0.29) is 43.5 Å². The van der Waals surface area contributed by atoms with Crippen molar-refractivity contribution >= 4 is 62.1 Å². The molecular weight excluding hydrogens is 602 g/mol. The Bertz CT molecular complexity index is 1620. The summed E-state index contributed by atoms with van der Waals surface area (Å²) >= 11 is 18.1. The number of alkyl halides is 3. The summed E-state index contributed by atoms with van der Waals surface area (Å²) in [5.41, 5.74) is -0.972. The summed E-state index contributed by atoms with van der Waals surface area (Å²) in [4.78, 5) is 16.6. The number of hydrogen-bond donors (Lipinski definition) is 2. The van der Waals surface area contributed by atoms with Gasteiger partial charge in [-0.1, -0.05) is 34.8 Å². The molecule has 0 fully saturated rings. The molecule has 0 aliphatic carbocycles. The van der Waals surface area contributed by atoms with Crippen molar-refractivity contribution in [3.8, 4) is 11.6 Å². The fourth-order valence-corrected chi connectivity index (χ4v) is 5.02. The van der Waals surface area contributed by atoms with E-state index < -0.39 is 27.7 Å². The van der Waals surface area contributed by atoms with Crippen molar-refractivity contribution in [1.82, 2.24) is 4.98 Å². The lowest BCUT2D eigenvalue weighted by Crippen LogP contribution is -2.19. The van der Waals surface area contributed by atoms with Crippen molar-refractivity contribution in [2.24, 2.45) is 0 Å². The standard InChI is InChI=1S/C25H15Cl3F3N3O4S/c26-15-2-8-19(9-3-15)39(36,37)34-23-20(11-16(27)12-21(23)28)24(35)33-17-4-6-18(7-5-17)38-22-10-1-14(13-32-22)25(29,30)31/h1-13,34H,(H,33,35). The number of ether oxygens (including phenoxy) is 1. The lowest BCUT2D eigenvalue weighted by atomic mass is 10.1. The molecule has 39 heavy (non-hydrogen) atoms. The Balaban J connectivity index is 1.51. The Kier molecular flexibility index (Phi) is 8.26. The van der Waals surface area contributed by atoms with Crippen LogP contribution < -0.4 is 14.8 Å². The second-order valence-electron chi connectivity index (χ2n) is 7.83. The Hall–Kier alpha value is -3.51. The van der Waals surface area contributed by atoms with E-state index in [9.17, 15) is 26.4 Å². The number of hydrogen-bond acceptors (Lipinski definition) is 5. The Labute approximate surface area is 235 Å². The van der Waals surface area contributed by atoms with Gasteiger partial charge in [-0.15, -0.1) is 0 Å². The van der Waals surface area contributed by atoms with Gasteiger partial charge >= 0.3 is 6.18 Å². The molecule has 2 N–H and O–H groups in total. The Morgan fingerprint density at radius 2 is 1.54 bits per heavy atom. The van der Waals surface area contributed by atoms with E-state index in [2.05, 4.69) is 15.0 Å². The average molecular weight is 617 g/mol. The number of carbonyl (C=O) groups excluding carboxylic acids is 1. The van der Waals surface area contributed by atoms with Gasteiger partial charge in [0, 0.05) is 28.0 Å². The minimum Gasteiger partial charge on any atom is -0.439 e. The van der Waals surface area contributed by atoms with Gasteiger partial charge in [0.1, 0.15) is 5.75 Å². The smallest absolute Gasteiger partial charge is 0.417 e. The van der Waals surface area contributed by atoms with Crippen LogP contribution in [-0.4, -0.2) is 19.3 Å². The summed E-state index contributed by atoms with van der Waals surface area (Å²) < 4.78 is 71.6. The number of benzene rings is 3. The van der Waals surface area contributed by atoms with Crippen molar-refractivity contribution in [1.29, 1.82) is 0 Å². The van der Waals surface area contributed by atoms with Crippen molar-refractivity contribution in [2.75, 3.05) is 10.0 Å². The summed E-state index contributed by atoms with van der Waals surface area (Å²) in [6.07, 6.45) is -3.87. The van der Waals surface area contributed by atoms with Gasteiger partial charge < -0.3 is 10.1 Å². The van der Waals surface area contributed by atoms with Gasteiger partial charge in [0.2, 0.25) is 5.88 Å². The molecule has 0 atom stereocenters. The van der Waals surface area contributed by atoms with Crippen molar-refractivity contribution < 1.29 is 31.1 Å². The molecule has 0 aliphatic rings. The third kappa shape index (κ3) is 7.12. The molecule has 0 radical (unpaired) electrons. The number of nitrogens with one attached hydrogen (secondary N) is 2. The number of anilines is 2. The molecule has 3 aromatic carbocycles. The summed E-state index contributed by atoms with van der Waals surface area (Å²) in [5.74, 6) is -0.556. The predicted octanol–water partition coefficient (Wildman–Crippen LogP) is 7.91. The van der Waals surface area contributed by atoms with E-state index in [1.165, 1.54) is 60.7 Å². The molecule has 0 saturated heterocycles. The maximum atomic E-state index is 13.1. The van der Waals surface area contributed by atoms with Gasteiger partial charge in [0.25, 0.3) is 15.9 Å². The molecule has 1 aromatic heterocycles. The fraction of sp³-hybridized carbons (Fsp3) is 0.0400. The van der Waals surface area contributed by atoms with E-state index >= 15 is 0 Å². The van der Waals surface area contributed by atoms with Gasteiger partial charge in [0.15, 0.2) is 0 Å². The third-order valence-electron chi connectivity index (χ3n) is 5.06. The molecule has 0 aliphatic heterocycles. The zero-order valence-electron chi connectivity index (χ0n) is 19.3. The van der Waals surface area contributed by atoms with Crippen LogP contribution >= 0.6 is 34.8 Å². The maximum Gasteiger partial charge on any atom is 0.417 e. The van der Waals surface area contributed by atoms with E-state index in [4.69, 9.17) is 39.5 Å². The summed E-state index contributed by atoms with van der Waals surface area (Å²) in [6, 6.07) is 15.6. The maximum absolute atomic E-state index is 13.1. The Morgan fingerprint density at radius 1 is 0.872 bits per heavy atom. The van der Waals surface area contributed by atoms with Crippen LogP contribution in [0.25, 0.3) is 0 Å². The first-order chi connectivity index (χ1) is 18.3. The molecule has 0 saturated carbocycles. The highest BCUT2D eigenvalue weighted by Crippen LogP contribution is 2.34. The molecule has 0 unspecified atom stereocenters. The molecule has 14 heteroatoms. The van der Waals surface area contributed by atoms with Crippen LogP contribution in [0.4, 0.5) is 24.5 Å². The van der Waals surface area contributed by atoms with Crippen molar-refractivity contribution in [3.63, 3.8) is 0 Å². The third-order valence-corrected chi connectivity index (χ3v) is 7.19. The van der Waals surface area contributed by atoms with Gasteiger partial charge in [-0.3, -0.25) is 9.52 Å². The molecular formula is C25H15Cl3F3N3O4S. The van der Waals surface area contributed by atoms with Crippen LogP contribution in [0.1, 0.15) is 15.9 Å². The number of amides is 1. The highest BCUT2D eigenvalue weighted by molar-refractivity contribution is 7.92. The highest BCUT2D eigenvalue weighted by Gasteiger charge is 2.30.